The molecule has 1 aromatic rings. The monoisotopic (exact) mass is 418 g/mol. The second kappa shape index (κ2) is 7.78. The lowest BCUT2D eigenvalue weighted by Crippen LogP contribution is -2.41. The summed E-state index contributed by atoms with van der Waals surface area (Å²) >= 11 is 0. The van der Waals surface area contributed by atoms with Gasteiger partial charge in [-0.3, -0.25) is 0 Å². The Bertz CT molecular complexity index is 1090. The second-order valence-electron chi connectivity index (χ2n) is 9.21. The lowest BCUT2D eigenvalue weighted by atomic mass is 9.53. The minimum atomic E-state index is -1.13. The van der Waals surface area contributed by atoms with Gasteiger partial charge in [-0.05, 0) is 93.8 Å². The van der Waals surface area contributed by atoms with Crippen LogP contribution in [0.3, 0.4) is 0 Å². The number of carboxylic acids is 1. The number of nitrogens with zero attached hydrogens (tertiary/aromatic N) is 2. The standard InChI is InChI=1S/C25H26N2O4/c1-12-4-20(14(3)31-12)13(2)21(24(28)19(10-26)11-27)23(25(29)30)22-17-6-15-5-16(8-17)9-18(22)7-15/h4,15-18,28H,5-9H2,1-3H3,(H,29,30)/b21-13+,23-22?. The molecule has 1 aromatic heterocycles. The predicted molar refractivity (Wildman–Crippen MR) is 113 cm³/mol. The van der Waals surface area contributed by atoms with Gasteiger partial charge in [-0.25, -0.2) is 4.79 Å². The number of allylic oxidation sites excluding steroid dienone is 4. The van der Waals surface area contributed by atoms with Gasteiger partial charge >= 0.3 is 5.97 Å². The van der Waals surface area contributed by atoms with Crippen LogP contribution in [-0.2, 0) is 4.79 Å². The van der Waals surface area contributed by atoms with Crippen molar-refractivity contribution in [3.8, 4) is 12.1 Å². The fourth-order valence-corrected chi connectivity index (χ4v) is 6.35. The molecule has 6 nitrogen and oxygen atoms in total. The van der Waals surface area contributed by atoms with Crippen LogP contribution in [0.1, 0.15) is 56.1 Å². The van der Waals surface area contributed by atoms with Crippen molar-refractivity contribution in [3.05, 3.63) is 51.2 Å². The molecule has 0 saturated heterocycles. The van der Waals surface area contributed by atoms with E-state index in [2.05, 4.69) is 0 Å². The van der Waals surface area contributed by atoms with Gasteiger partial charge in [-0.15, -0.1) is 0 Å². The van der Waals surface area contributed by atoms with Crippen molar-refractivity contribution in [1.29, 1.82) is 10.5 Å². The van der Waals surface area contributed by atoms with E-state index in [-0.39, 0.29) is 23.0 Å². The molecule has 160 valence electrons. The molecule has 0 atom stereocenters. The first kappa shape index (κ1) is 21.0. The van der Waals surface area contributed by atoms with E-state index in [1.54, 1.807) is 39.0 Å². The first-order valence-electron chi connectivity index (χ1n) is 10.7. The first-order valence-corrected chi connectivity index (χ1v) is 10.7. The van der Waals surface area contributed by atoms with Crippen molar-refractivity contribution in [3.63, 3.8) is 0 Å². The highest BCUT2D eigenvalue weighted by Crippen LogP contribution is 2.58. The smallest absolute Gasteiger partial charge is 0.336 e. The van der Waals surface area contributed by atoms with E-state index in [0.717, 1.165) is 31.3 Å². The van der Waals surface area contributed by atoms with Crippen LogP contribution in [-0.4, -0.2) is 16.2 Å². The lowest BCUT2D eigenvalue weighted by molar-refractivity contribution is -0.132. The fourth-order valence-electron chi connectivity index (χ4n) is 6.35. The highest BCUT2D eigenvalue weighted by Gasteiger charge is 2.47. The predicted octanol–water partition coefficient (Wildman–Crippen LogP) is 5.37. The molecule has 0 aliphatic heterocycles. The van der Waals surface area contributed by atoms with E-state index in [1.807, 2.05) is 0 Å². The third-order valence-electron chi connectivity index (χ3n) is 7.29. The van der Waals surface area contributed by atoms with E-state index in [4.69, 9.17) is 4.42 Å². The minimum absolute atomic E-state index is 0.0602. The number of hydrogen-bond donors (Lipinski definition) is 2. The van der Waals surface area contributed by atoms with Gasteiger partial charge in [0.25, 0.3) is 0 Å². The summed E-state index contributed by atoms with van der Waals surface area (Å²) in [6.45, 7) is 5.29. The zero-order valence-electron chi connectivity index (χ0n) is 18.0. The third kappa shape index (κ3) is 3.47. The summed E-state index contributed by atoms with van der Waals surface area (Å²) in [6.07, 6.45) is 5.13. The molecule has 2 N–H and O–H groups in total. The second-order valence-corrected chi connectivity index (χ2v) is 9.21. The molecule has 0 spiro atoms. The van der Waals surface area contributed by atoms with Gasteiger partial charge < -0.3 is 14.6 Å². The molecule has 4 saturated carbocycles. The molecular formula is C25H26N2O4. The molecule has 0 amide bonds. The molecule has 4 aliphatic rings. The molecule has 1 heterocycles. The largest absolute Gasteiger partial charge is 0.505 e. The number of aliphatic carboxylic acids is 1. The summed E-state index contributed by atoms with van der Waals surface area (Å²) in [5.74, 6) is 1.20. The SMILES string of the molecule is C/C(=C(\C(O)=C(C#N)C#N)C(C(=O)O)=C1C2CC3CC(C2)CC1C3)c1cc(C)oc1C. The normalized spacial score (nSPS) is 26.7. The maximum absolute atomic E-state index is 12.7. The Morgan fingerprint density at radius 3 is 2.00 bits per heavy atom. The maximum atomic E-state index is 12.7. The van der Waals surface area contributed by atoms with Crippen molar-refractivity contribution in [2.75, 3.05) is 0 Å². The number of rotatable bonds is 4. The van der Waals surface area contributed by atoms with Gasteiger partial charge in [0.05, 0.1) is 5.57 Å². The molecule has 0 radical (unpaired) electrons. The molecule has 0 aromatic carbocycles. The fraction of sp³-hybridized carbons (Fsp3) is 0.480. The van der Waals surface area contributed by atoms with Gasteiger partial charge in [-0.1, -0.05) is 0 Å². The van der Waals surface area contributed by atoms with Crippen LogP contribution in [0.15, 0.2) is 38.5 Å². The van der Waals surface area contributed by atoms with Crippen LogP contribution >= 0.6 is 0 Å². The third-order valence-corrected chi connectivity index (χ3v) is 7.29. The van der Waals surface area contributed by atoms with Gasteiger partial charge in [0.1, 0.15) is 23.7 Å². The lowest BCUT2D eigenvalue weighted by Gasteiger charge is -2.52. The number of aliphatic hydroxyl groups excluding tert-OH is 1. The zero-order valence-corrected chi connectivity index (χ0v) is 18.0. The Hall–Kier alpha value is -3.25. The van der Waals surface area contributed by atoms with Crippen LogP contribution in [0.4, 0.5) is 0 Å². The van der Waals surface area contributed by atoms with Crippen molar-refractivity contribution >= 4 is 11.5 Å². The van der Waals surface area contributed by atoms with Crippen LogP contribution in [0.25, 0.3) is 5.57 Å². The van der Waals surface area contributed by atoms with E-state index in [9.17, 15) is 25.5 Å². The number of nitriles is 2. The molecule has 4 fully saturated rings. The number of carbonyl (C=O) groups is 1. The Kier molecular flexibility index (Phi) is 5.27. The highest BCUT2D eigenvalue weighted by molar-refractivity contribution is 5.99. The van der Waals surface area contributed by atoms with Crippen LogP contribution in [0.2, 0.25) is 0 Å². The van der Waals surface area contributed by atoms with Crippen LogP contribution < -0.4 is 0 Å². The molecule has 4 bridgehead atoms. The number of hydrogen-bond acceptors (Lipinski definition) is 5. The highest BCUT2D eigenvalue weighted by atomic mass is 16.4. The average molecular weight is 418 g/mol. The number of aliphatic hydroxyl groups is 1. The summed E-state index contributed by atoms with van der Waals surface area (Å²) in [4.78, 5) is 12.7. The molecule has 0 unspecified atom stereocenters. The summed E-state index contributed by atoms with van der Waals surface area (Å²) < 4.78 is 5.63. The number of aryl methyl sites for hydroxylation is 2. The number of carboxylic acid groups (broad SMARTS) is 1. The quantitative estimate of drug-likeness (QED) is 0.294. The maximum Gasteiger partial charge on any atom is 0.336 e. The molecular weight excluding hydrogens is 392 g/mol. The summed E-state index contributed by atoms with van der Waals surface area (Å²) in [7, 11) is 0. The Morgan fingerprint density at radius 1 is 1.03 bits per heavy atom. The van der Waals surface area contributed by atoms with Gasteiger partial charge in [-0.2, -0.15) is 10.5 Å². The first-order chi connectivity index (χ1) is 14.7. The summed E-state index contributed by atoms with van der Waals surface area (Å²) in [5.41, 5.74) is 1.68. The molecule has 4 aliphatic carbocycles. The Balaban J connectivity index is 2.03. The van der Waals surface area contributed by atoms with Gasteiger partial charge in [0.2, 0.25) is 0 Å². The Labute approximate surface area is 181 Å². The van der Waals surface area contributed by atoms with Crippen LogP contribution in [0, 0.1) is 60.2 Å². The average Bonchev–Trinajstić information content (AvgIpc) is 3.04. The topological polar surface area (TPSA) is 118 Å². The van der Waals surface area contributed by atoms with Gasteiger partial charge in [0.15, 0.2) is 11.3 Å². The molecule has 5 rings (SSSR count). The minimum Gasteiger partial charge on any atom is -0.505 e. The van der Waals surface area contributed by atoms with E-state index < -0.39 is 17.3 Å². The van der Waals surface area contributed by atoms with Gasteiger partial charge in [0, 0.05) is 11.1 Å². The van der Waals surface area contributed by atoms with E-state index in [1.165, 1.54) is 6.42 Å². The number of furan rings is 1. The molecule has 31 heavy (non-hydrogen) atoms. The summed E-state index contributed by atoms with van der Waals surface area (Å²) in [5, 5.41) is 40.2. The van der Waals surface area contributed by atoms with Crippen molar-refractivity contribution in [2.45, 2.75) is 52.9 Å². The van der Waals surface area contributed by atoms with E-state index >= 15 is 0 Å². The summed E-state index contributed by atoms with van der Waals surface area (Å²) in [6, 6.07) is 5.22. The van der Waals surface area contributed by atoms with Crippen molar-refractivity contribution < 1.29 is 19.4 Å². The zero-order chi connectivity index (χ0) is 22.4. The van der Waals surface area contributed by atoms with Crippen LogP contribution in [0.5, 0.6) is 0 Å². The van der Waals surface area contributed by atoms with Crippen molar-refractivity contribution in [2.24, 2.45) is 23.7 Å². The van der Waals surface area contributed by atoms with Crippen molar-refractivity contribution in [1.82, 2.24) is 0 Å². The van der Waals surface area contributed by atoms with E-state index in [0.29, 0.717) is 34.5 Å². The Morgan fingerprint density at radius 2 is 1.58 bits per heavy atom. The molecule has 6 heteroatoms.